The first-order chi connectivity index (χ1) is 14.7. The molecule has 1 aromatic carbocycles. The fraction of sp³-hybridized carbons (Fsp3) is 0.381. The SMILES string of the molecule is CCCCNC(=O)/C(C#N)=c1\s/c(=C\c2ccccc2C(F)(F)F)c(=O)n1CCOC. The Labute approximate surface area is 180 Å². The summed E-state index contributed by atoms with van der Waals surface area (Å²) < 4.78 is 46.2. The minimum absolute atomic E-state index is 0.0167. The number of benzene rings is 1. The number of nitrogens with zero attached hydrogens (tertiary/aromatic N) is 2. The van der Waals surface area contributed by atoms with E-state index in [1.165, 1.54) is 29.9 Å². The van der Waals surface area contributed by atoms with Crippen LogP contribution in [0, 0.1) is 11.3 Å². The highest BCUT2D eigenvalue weighted by Gasteiger charge is 2.32. The maximum atomic E-state index is 13.3. The van der Waals surface area contributed by atoms with Crippen LogP contribution in [-0.4, -0.2) is 30.7 Å². The van der Waals surface area contributed by atoms with Crippen molar-refractivity contribution >= 4 is 28.9 Å². The molecule has 166 valence electrons. The van der Waals surface area contributed by atoms with E-state index in [2.05, 4.69) is 5.32 Å². The van der Waals surface area contributed by atoms with Gasteiger partial charge in [0.15, 0.2) is 5.57 Å². The summed E-state index contributed by atoms with van der Waals surface area (Å²) >= 11 is 0.803. The first-order valence-corrected chi connectivity index (χ1v) is 10.3. The lowest BCUT2D eigenvalue weighted by molar-refractivity contribution is -0.137. The number of ether oxygens (including phenoxy) is 1. The fourth-order valence-corrected chi connectivity index (χ4v) is 3.89. The molecule has 0 spiro atoms. The molecule has 0 fully saturated rings. The number of thiazole rings is 1. The number of methoxy groups -OCH3 is 1. The number of nitrogens with one attached hydrogen (secondary N) is 1. The molecule has 1 N–H and O–H groups in total. The summed E-state index contributed by atoms with van der Waals surface area (Å²) in [5, 5.41) is 12.2. The molecule has 0 aliphatic heterocycles. The number of rotatable bonds is 8. The Hall–Kier alpha value is -2.90. The van der Waals surface area contributed by atoms with E-state index in [1.807, 2.05) is 13.0 Å². The summed E-state index contributed by atoms with van der Waals surface area (Å²) in [4.78, 5) is 25.4. The summed E-state index contributed by atoms with van der Waals surface area (Å²) in [6, 6.07) is 6.71. The first kappa shape index (κ1) is 24.4. The molecule has 6 nitrogen and oxygen atoms in total. The molecule has 0 aliphatic carbocycles. The van der Waals surface area contributed by atoms with Crippen LogP contribution in [-0.2, 0) is 22.3 Å². The van der Waals surface area contributed by atoms with E-state index in [9.17, 15) is 28.0 Å². The second-order valence-electron chi connectivity index (χ2n) is 6.55. The predicted molar refractivity (Wildman–Crippen MR) is 112 cm³/mol. The second-order valence-corrected chi connectivity index (χ2v) is 7.58. The molecule has 2 rings (SSSR count). The van der Waals surface area contributed by atoms with Gasteiger partial charge in [-0.3, -0.25) is 14.2 Å². The van der Waals surface area contributed by atoms with Crippen LogP contribution >= 0.6 is 11.3 Å². The minimum atomic E-state index is -4.59. The van der Waals surface area contributed by atoms with Crippen molar-refractivity contribution in [1.82, 2.24) is 9.88 Å². The van der Waals surface area contributed by atoms with Gasteiger partial charge in [-0.1, -0.05) is 31.5 Å². The van der Waals surface area contributed by atoms with Gasteiger partial charge in [0, 0.05) is 13.7 Å². The zero-order valence-corrected chi connectivity index (χ0v) is 17.9. The van der Waals surface area contributed by atoms with Crippen LogP contribution in [0.2, 0.25) is 0 Å². The highest BCUT2D eigenvalue weighted by molar-refractivity contribution is 7.07. The van der Waals surface area contributed by atoms with Gasteiger partial charge in [0.05, 0.1) is 23.2 Å². The third-order valence-electron chi connectivity index (χ3n) is 4.35. The normalized spacial score (nSPS) is 13.1. The van der Waals surface area contributed by atoms with E-state index in [0.717, 1.165) is 36.3 Å². The third kappa shape index (κ3) is 6.06. The van der Waals surface area contributed by atoms with E-state index < -0.39 is 23.2 Å². The molecule has 0 saturated heterocycles. The zero-order valence-electron chi connectivity index (χ0n) is 17.1. The number of carbonyl (C=O) groups is 1. The van der Waals surface area contributed by atoms with Crippen molar-refractivity contribution in [2.75, 3.05) is 20.3 Å². The Balaban J connectivity index is 2.73. The minimum Gasteiger partial charge on any atom is -0.383 e. The lowest BCUT2D eigenvalue weighted by atomic mass is 10.1. The lowest BCUT2D eigenvalue weighted by Crippen LogP contribution is -2.36. The van der Waals surface area contributed by atoms with E-state index in [-0.39, 0.29) is 33.5 Å². The first-order valence-electron chi connectivity index (χ1n) is 9.53. The molecule has 0 saturated carbocycles. The van der Waals surface area contributed by atoms with E-state index in [1.54, 1.807) is 0 Å². The Morgan fingerprint density at radius 3 is 2.68 bits per heavy atom. The zero-order chi connectivity index (χ0) is 23.0. The van der Waals surface area contributed by atoms with E-state index in [0.29, 0.717) is 6.54 Å². The number of unbranched alkanes of at least 4 members (excludes halogenated alkanes) is 1. The number of amides is 1. The van der Waals surface area contributed by atoms with Crippen molar-refractivity contribution < 1.29 is 22.7 Å². The Kier molecular flexibility index (Phi) is 8.59. The molecule has 0 radical (unpaired) electrons. The molecule has 0 bridgehead atoms. The smallest absolute Gasteiger partial charge is 0.383 e. The van der Waals surface area contributed by atoms with Gasteiger partial charge in [0.1, 0.15) is 10.7 Å². The average molecular weight is 453 g/mol. The van der Waals surface area contributed by atoms with E-state index in [4.69, 9.17) is 4.74 Å². The quantitative estimate of drug-likeness (QED) is 0.620. The number of carbonyl (C=O) groups excluding carboxylic acids is 1. The molecule has 0 aliphatic rings. The van der Waals surface area contributed by atoms with Gasteiger partial charge < -0.3 is 10.1 Å². The third-order valence-corrected chi connectivity index (χ3v) is 5.48. The van der Waals surface area contributed by atoms with Crippen LogP contribution in [0.15, 0.2) is 29.1 Å². The van der Waals surface area contributed by atoms with Crippen molar-refractivity contribution in [1.29, 1.82) is 5.26 Å². The van der Waals surface area contributed by atoms with Crippen molar-refractivity contribution in [2.24, 2.45) is 0 Å². The molecule has 1 amide bonds. The maximum Gasteiger partial charge on any atom is 0.416 e. The maximum absolute atomic E-state index is 13.3. The molecule has 1 heterocycles. The molecule has 1 aromatic heterocycles. The summed E-state index contributed by atoms with van der Waals surface area (Å²) in [6.45, 7) is 2.48. The Bertz CT molecular complexity index is 1140. The van der Waals surface area contributed by atoms with Crippen molar-refractivity contribution in [3.63, 3.8) is 0 Å². The molecular formula is C21H22F3N3O3S. The van der Waals surface area contributed by atoms with Gasteiger partial charge >= 0.3 is 6.18 Å². The van der Waals surface area contributed by atoms with Crippen molar-refractivity contribution in [3.8, 4) is 6.07 Å². The topological polar surface area (TPSA) is 84.1 Å². The van der Waals surface area contributed by atoms with Gasteiger partial charge in [0.2, 0.25) is 0 Å². The summed E-state index contributed by atoms with van der Waals surface area (Å²) in [6.07, 6.45) is -1.89. The Morgan fingerprint density at radius 1 is 1.35 bits per heavy atom. The predicted octanol–water partition coefficient (Wildman–Crippen LogP) is 1.99. The number of aromatic nitrogens is 1. The standard InChI is InChI=1S/C21H22F3N3O3S/c1-3-4-9-26-18(28)15(13-25)20-27(10-11-30-2)19(29)17(31-20)12-14-7-5-6-8-16(14)21(22,23)24/h5-8,12H,3-4,9-11H2,1-2H3,(H,26,28)/b17-12-,20-15-. The average Bonchev–Trinajstić information content (AvgIpc) is 3.02. The van der Waals surface area contributed by atoms with Crippen LogP contribution in [0.1, 0.15) is 30.9 Å². The van der Waals surface area contributed by atoms with Gasteiger partial charge in [-0.2, -0.15) is 18.4 Å². The number of halogens is 3. The lowest BCUT2D eigenvalue weighted by Gasteiger charge is -2.09. The van der Waals surface area contributed by atoms with E-state index >= 15 is 0 Å². The van der Waals surface area contributed by atoms with Gasteiger partial charge in [-0.25, -0.2) is 0 Å². The van der Waals surface area contributed by atoms with Crippen molar-refractivity contribution in [2.45, 2.75) is 32.5 Å². The fourth-order valence-electron chi connectivity index (χ4n) is 2.78. The number of alkyl halides is 3. The van der Waals surface area contributed by atoms with Crippen LogP contribution < -0.4 is 20.1 Å². The van der Waals surface area contributed by atoms with Crippen LogP contribution in [0.5, 0.6) is 0 Å². The molecule has 0 unspecified atom stereocenters. The summed E-state index contributed by atoms with van der Waals surface area (Å²) in [5.41, 5.74) is -1.92. The molecule has 31 heavy (non-hydrogen) atoms. The molecular weight excluding hydrogens is 431 g/mol. The van der Waals surface area contributed by atoms with Crippen LogP contribution in [0.4, 0.5) is 13.2 Å². The number of hydrogen-bond donors (Lipinski definition) is 1. The summed E-state index contributed by atoms with van der Waals surface area (Å²) in [5.74, 6) is -0.634. The van der Waals surface area contributed by atoms with Crippen LogP contribution in [0.25, 0.3) is 11.6 Å². The largest absolute Gasteiger partial charge is 0.416 e. The number of hydrogen-bond acceptors (Lipinski definition) is 5. The van der Waals surface area contributed by atoms with Crippen LogP contribution in [0.3, 0.4) is 0 Å². The summed E-state index contributed by atoms with van der Waals surface area (Å²) in [7, 11) is 1.43. The number of nitriles is 1. The second kappa shape index (κ2) is 10.9. The molecule has 0 atom stereocenters. The van der Waals surface area contributed by atoms with Gasteiger partial charge in [-0.05, 0) is 24.1 Å². The Morgan fingerprint density at radius 2 is 2.06 bits per heavy atom. The monoisotopic (exact) mass is 453 g/mol. The van der Waals surface area contributed by atoms with Crippen molar-refractivity contribution in [3.05, 3.63) is 54.9 Å². The van der Waals surface area contributed by atoms with Gasteiger partial charge in [-0.15, -0.1) is 11.3 Å². The van der Waals surface area contributed by atoms with Gasteiger partial charge in [0.25, 0.3) is 11.5 Å². The highest BCUT2D eigenvalue weighted by Crippen LogP contribution is 2.32. The molecule has 10 heteroatoms. The highest BCUT2D eigenvalue weighted by atomic mass is 32.1. The molecule has 2 aromatic rings.